The van der Waals surface area contributed by atoms with Crippen molar-refractivity contribution in [2.75, 3.05) is 5.32 Å². The molecule has 0 fully saturated rings. The molecule has 2 aromatic heterocycles. The van der Waals surface area contributed by atoms with Gasteiger partial charge in [-0.25, -0.2) is 9.97 Å². The lowest BCUT2D eigenvalue weighted by molar-refractivity contribution is 1.05. The number of pyridine rings is 1. The van der Waals surface area contributed by atoms with E-state index in [0.29, 0.717) is 17.9 Å². The Morgan fingerprint density at radius 2 is 2.29 bits per heavy atom. The maximum atomic E-state index is 8.92. The fourth-order valence-electron chi connectivity index (χ4n) is 1.41. The highest BCUT2D eigenvalue weighted by atomic mass is 32.1. The van der Waals surface area contributed by atoms with Crippen molar-refractivity contribution >= 4 is 17.2 Å². The Morgan fingerprint density at radius 1 is 1.47 bits per heavy atom. The highest BCUT2D eigenvalue weighted by Crippen LogP contribution is 2.18. The number of nitrogens with zero attached hydrogens (tertiary/aromatic N) is 3. The SMILES string of the molecule is Cc1nc(CNc2ncccc2C#N)sc1C. The van der Waals surface area contributed by atoms with Gasteiger partial charge in [0, 0.05) is 11.1 Å². The minimum atomic E-state index is 0.553. The second kappa shape index (κ2) is 4.93. The summed E-state index contributed by atoms with van der Waals surface area (Å²) in [7, 11) is 0. The molecule has 5 heteroatoms. The first-order chi connectivity index (χ1) is 8.20. The van der Waals surface area contributed by atoms with Crippen molar-refractivity contribution in [1.82, 2.24) is 9.97 Å². The molecule has 0 aromatic carbocycles. The molecule has 2 aromatic rings. The van der Waals surface area contributed by atoms with Gasteiger partial charge in [-0.05, 0) is 26.0 Å². The van der Waals surface area contributed by atoms with E-state index in [2.05, 4.69) is 28.3 Å². The number of aromatic nitrogens is 2. The summed E-state index contributed by atoms with van der Waals surface area (Å²) < 4.78 is 0. The number of nitriles is 1. The summed E-state index contributed by atoms with van der Waals surface area (Å²) in [6.07, 6.45) is 1.67. The number of thiazole rings is 1. The predicted octanol–water partition coefficient (Wildman–Crippen LogP) is 2.64. The molecule has 4 nitrogen and oxygen atoms in total. The van der Waals surface area contributed by atoms with Gasteiger partial charge in [-0.1, -0.05) is 0 Å². The molecular formula is C12H12N4S. The summed E-state index contributed by atoms with van der Waals surface area (Å²) in [5.41, 5.74) is 1.62. The molecule has 0 saturated heterocycles. The molecule has 0 aliphatic heterocycles. The summed E-state index contributed by atoms with van der Waals surface area (Å²) in [5, 5.41) is 13.1. The van der Waals surface area contributed by atoms with E-state index in [1.165, 1.54) is 4.88 Å². The van der Waals surface area contributed by atoms with Crippen molar-refractivity contribution in [1.29, 1.82) is 5.26 Å². The molecule has 0 atom stereocenters. The van der Waals surface area contributed by atoms with Crippen LogP contribution in [0.4, 0.5) is 5.82 Å². The van der Waals surface area contributed by atoms with Gasteiger partial charge < -0.3 is 5.32 Å². The zero-order valence-corrected chi connectivity index (χ0v) is 10.5. The van der Waals surface area contributed by atoms with Crippen molar-refractivity contribution in [3.05, 3.63) is 39.5 Å². The third-order valence-corrected chi connectivity index (χ3v) is 3.48. The molecule has 17 heavy (non-hydrogen) atoms. The van der Waals surface area contributed by atoms with E-state index in [0.717, 1.165) is 10.7 Å². The minimum Gasteiger partial charge on any atom is -0.362 e. The van der Waals surface area contributed by atoms with E-state index in [1.54, 1.807) is 29.7 Å². The van der Waals surface area contributed by atoms with Crippen LogP contribution in [0.3, 0.4) is 0 Å². The third kappa shape index (κ3) is 2.60. The average molecular weight is 244 g/mol. The zero-order chi connectivity index (χ0) is 12.3. The topological polar surface area (TPSA) is 61.6 Å². The fraction of sp³-hybridized carbons (Fsp3) is 0.250. The van der Waals surface area contributed by atoms with Crippen LogP contribution in [0.5, 0.6) is 0 Å². The molecule has 0 aliphatic carbocycles. The van der Waals surface area contributed by atoms with Gasteiger partial charge in [0.15, 0.2) is 0 Å². The van der Waals surface area contributed by atoms with Crippen LogP contribution < -0.4 is 5.32 Å². The van der Waals surface area contributed by atoms with E-state index in [4.69, 9.17) is 5.26 Å². The first-order valence-corrected chi connectivity index (χ1v) is 6.04. The van der Waals surface area contributed by atoms with Crippen LogP contribution in [0, 0.1) is 25.2 Å². The summed E-state index contributed by atoms with van der Waals surface area (Å²) in [6, 6.07) is 5.60. The quantitative estimate of drug-likeness (QED) is 0.901. The van der Waals surface area contributed by atoms with Gasteiger partial charge in [-0.2, -0.15) is 5.26 Å². The van der Waals surface area contributed by atoms with Crippen LogP contribution >= 0.6 is 11.3 Å². The summed E-state index contributed by atoms with van der Waals surface area (Å²) in [5.74, 6) is 0.612. The Kier molecular flexibility index (Phi) is 3.35. The molecule has 1 N–H and O–H groups in total. The monoisotopic (exact) mass is 244 g/mol. The van der Waals surface area contributed by atoms with E-state index in [9.17, 15) is 0 Å². The van der Waals surface area contributed by atoms with Crippen molar-refractivity contribution in [2.45, 2.75) is 20.4 Å². The first-order valence-electron chi connectivity index (χ1n) is 5.22. The Hall–Kier alpha value is -1.93. The zero-order valence-electron chi connectivity index (χ0n) is 9.69. The van der Waals surface area contributed by atoms with Crippen molar-refractivity contribution in [3.63, 3.8) is 0 Å². The predicted molar refractivity (Wildman–Crippen MR) is 67.9 cm³/mol. The van der Waals surface area contributed by atoms with E-state index in [1.807, 2.05) is 6.92 Å². The van der Waals surface area contributed by atoms with Gasteiger partial charge in [0.2, 0.25) is 0 Å². The number of aryl methyl sites for hydroxylation is 2. The number of nitrogens with one attached hydrogen (secondary N) is 1. The highest BCUT2D eigenvalue weighted by Gasteiger charge is 2.05. The fourth-order valence-corrected chi connectivity index (χ4v) is 2.28. The van der Waals surface area contributed by atoms with E-state index in [-0.39, 0.29) is 0 Å². The van der Waals surface area contributed by atoms with Gasteiger partial charge in [0.05, 0.1) is 17.8 Å². The van der Waals surface area contributed by atoms with Crippen LogP contribution in [-0.4, -0.2) is 9.97 Å². The Bertz CT molecular complexity index is 549. The maximum Gasteiger partial charge on any atom is 0.144 e. The second-order valence-electron chi connectivity index (χ2n) is 3.61. The standard InChI is InChI=1S/C12H12N4S/c1-8-9(2)17-11(16-8)7-15-12-10(6-13)4-3-5-14-12/h3-5H,7H2,1-2H3,(H,14,15). The third-order valence-electron chi connectivity index (χ3n) is 2.41. The number of hydrogen-bond acceptors (Lipinski definition) is 5. The normalized spacial score (nSPS) is 9.94. The summed E-state index contributed by atoms with van der Waals surface area (Å²) >= 11 is 1.66. The highest BCUT2D eigenvalue weighted by molar-refractivity contribution is 7.11. The number of anilines is 1. The van der Waals surface area contributed by atoms with Crippen molar-refractivity contribution < 1.29 is 0 Å². The molecule has 0 bridgehead atoms. The molecule has 0 aliphatic rings. The van der Waals surface area contributed by atoms with Gasteiger partial charge >= 0.3 is 0 Å². The average Bonchev–Trinajstić information content (AvgIpc) is 2.66. The molecule has 0 amide bonds. The minimum absolute atomic E-state index is 0.553. The van der Waals surface area contributed by atoms with Crippen LogP contribution in [0.2, 0.25) is 0 Å². The first kappa shape index (κ1) is 11.6. The van der Waals surface area contributed by atoms with Crippen molar-refractivity contribution in [2.24, 2.45) is 0 Å². The molecule has 0 spiro atoms. The molecular weight excluding hydrogens is 232 g/mol. The van der Waals surface area contributed by atoms with E-state index < -0.39 is 0 Å². The lowest BCUT2D eigenvalue weighted by atomic mass is 10.3. The van der Waals surface area contributed by atoms with E-state index >= 15 is 0 Å². The molecule has 2 heterocycles. The van der Waals surface area contributed by atoms with Crippen LogP contribution in [0.25, 0.3) is 0 Å². The summed E-state index contributed by atoms with van der Waals surface area (Å²) in [6.45, 7) is 4.65. The van der Waals surface area contributed by atoms with Crippen LogP contribution in [0.1, 0.15) is 21.1 Å². The number of hydrogen-bond donors (Lipinski definition) is 1. The maximum absolute atomic E-state index is 8.92. The lowest BCUT2D eigenvalue weighted by Gasteiger charge is -2.04. The summed E-state index contributed by atoms with van der Waals surface area (Å²) in [4.78, 5) is 9.79. The van der Waals surface area contributed by atoms with Gasteiger partial charge in [-0.3, -0.25) is 0 Å². The smallest absolute Gasteiger partial charge is 0.144 e. The van der Waals surface area contributed by atoms with Gasteiger partial charge in [-0.15, -0.1) is 11.3 Å². The molecule has 86 valence electrons. The van der Waals surface area contributed by atoms with Crippen LogP contribution in [-0.2, 0) is 6.54 Å². The molecule has 0 saturated carbocycles. The molecule has 0 unspecified atom stereocenters. The lowest BCUT2D eigenvalue weighted by Crippen LogP contribution is -2.02. The van der Waals surface area contributed by atoms with Gasteiger partial charge in [0.1, 0.15) is 16.9 Å². The largest absolute Gasteiger partial charge is 0.362 e. The second-order valence-corrected chi connectivity index (χ2v) is 4.90. The van der Waals surface area contributed by atoms with Crippen molar-refractivity contribution in [3.8, 4) is 6.07 Å². The van der Waals surface area contributed by atoms with Crippen LogP contribution in [0.15, 0.2) is 18.3 Å². The Labute approximate surface area is 104 Å². The Morgan fingerprint density at radius 3 is 2.94 bits per heavy atom. The Balaban J connectivity index is 2.10. The molecule has 2 rings (SSSR count). The molecule has 0 radical (unpaired) electrons. The van der Waals surface area contributed by atoms with Gasteiger partial charge in [0.25, 0.3) is 0 Å². The number of rotatable bonds is 3.